The second kappa shape index (κ2) is 7.85. The number of nitrogens with zero attached hydrogens (tertiary/aromatic N) is 1. The maximum absolute atomic E-state index is 11.9. The van der Waals surface area contributed by atoms with Crippen LogP contribution in [0.3, 0.4) is 0 Å². The molecule has 0 saturated carbocycles. The highest BCUT2D eigenvalue weighted by molar-refractivity contribution is 6.30. The molecular formula is C21H24ClNO. The molecule has 2 aromatic rings. The predicted octanol–water partition coefficient (Wildman–Crippen LogP) is 4.76. The second-order valence-electron chi connectivity index (χ2n) is 6.65. The second-order valence-corrected chi connectivity index (χ2v) is 7.31. The van der Waals surface area contributed by atoms with Gasteiger partial charge < -0.3 is 4.90 Å². The number of hydrogen-bond acceptors (Lipinski definition) is 1. The first kappa shape index (κ1) is 17.0. The van der Waals surface area contributed by atoms with Crippen LogP contribution < -0.4 is 0 Å². The van der Waals surface area contributed by atoms with E-state index in [2.05, 4.69) is 48.5 Å². The highest BCUT2D eigenvalue weighted by Crippen LogP contribution is 2.25. The first-order chi connectivity index (χ1) is 11.6. The Morgan fingerprint density at radius 3 is 2.21 bits per heavy atom. The first-order valence-electron chi connectivity index (χ1n) is 8.70. The fraction of sp³-hybridized carbons (Fsp3) is 0.381. The Bertz CT molecular complexity index is 658. The molecule has 1 amide bonds. The molecule has 3 rings (SSSR count). The maximum atomic E-state index is 11.9. The Morgan fingerprint density at radius 1 is 1.04 bits per heavy atom. The van der Waals surface area contributed by atoms with E-state index < -0.39 is 5.38 Å². The van der Waals surface area contributed by atoms with Crippen LogP contribution in [0.2, 0.25) is 0 Å². The smallest absolute Gasteiger partial charge is 0.240 e. The molecule has 1 atom stereocenters. The third-order valence-corrected chi connectivity index (χ3v) is 5.04. The van der Waals surface area contributed by atoms with Gasteiger partial charge in [0, 0.05) is 13.1 Å². The number of piperidine rings is 1. The van der Waals surface area contributed by atoms with Gasteiger partial charge in [0.05, 0.1) is 0 Å². The monoisotopic (exact) mass is 341 g/mol. The number of rotatable bonds is 4. The molecule has 0 aromatic heterocycles. The van der Waals surface area contributed by atoms with Gasteiger partial charge in [-0.15, -0.1) is 11.6 Å². The maximum Gasteiger partial charge on any atom is 0.240 e. The van der Waals surface area contributed by atoms with Crippen LogP contribution in [0, 0.1) is 5.92 Å². The zero-order chi connectivity index (χ0) is 16.9. The van der Waals surface area contributed by atoms with E-state index in [1.807, 2.05) is 11.0 Å². The molecule has 0 spiro atoms. The number of likely N-dealkylation sites (tertiary alicyclic amines) is 1. The molecule has 3 heteroatoms. The number of alkyl halides is 1. The molecule has 0 radical (unpaired) electrons. The largest absolute Gasteiger partial charge is 0.341 e. The van der Waals surface area contributed by atoms with E-state index >= 15 is 0 Å². The molecule has 1 heterocycles. The molecule has 0 aliphatic carbocycles. The Kier molecular flexibility index (Phi) is 5.57. The van der Waals surface area contributed by atoms with Crippen LogP contribution in [0.15, 0.2) is 54.6 Å². The summed E-state index contributed by atoms with van der Waals surface area (Å²) in [4.78, 5) is 13.8. The van der Waals surface area contributed by atoms with Crippen molar-refractivity contribution in [1.82, 2.24) is 4.90 Å². The van der Waals surface area contributed by atoms with Gasteiger partial charge in [0.15, 0.2) is 0 Å². The van der Waals surface area contributed by atoms with Gasteiger partial charge in [0.25, 0.3) is 0 Å². The van der Waals surface area contributed by atoms with Crippen LogP contribution >= 0.6 is 11.6 Å². The van der Waals surface area contributed by atoms with Crippen molar-refractivity contribution >= 4 is 17.5 Å². The minimum Gasteiger partial charge on any atom is -0.341 e. The van der Waals surface area contributed by atoms with Gasteiger partial charge in [-0.25, -0.2) is 0 Å². The van der Waals surface area contributed by atoms with Crippen LogP contribution in [0.25, 0.3) is 11.1 Å². The van der Waals surface area contributed by atoms with Gasteiger partial charge >= 0.3 is 0 Å². The molecule has 2 aromatic carbocycles. The highest BCUT2D eigenvalue weighted by atomic mass is 35.5. The minimum absolute atomic E-state index is 0.0716. The van der Waals surface area contributed by atoms with E-state index in [9.17, 15) is 4.79 Å². The van der Waals surface area contributed by atoms with E-state index in [1.165, 1.54) is 16.7 Å². The van der Waals surface area contributed by atoms with Crippen molar-refractivity contribution in [2.75, 3.05) is 13.1 Å². The molecule has 24 heavy (non-hydrogen) atoms. The van der Waals surface area contributed by atoms with Gasteiger partial charge in [-0.05, 0) is 48.8 Å². The SMILES string of the molecule is CC(Cl)C(=O)N1CCC(Cc2ccc(-c3ccccc3)cc2)CC1. The Labute approximate surface area is 149 Å². The molecule has 1 saturated heterocycles. The quantitative estimate of drug-likeness (QED) is 0.734. The molecule has 1 aliphatic rings. The van der Waals surface area contributed by atoms with Gasteiger partial charge in [-0.3, -0.25) is 4.79 Å². The summed E-state index contributed by atoms with van der Waals surface area (Å²) in [5.41, 5.74) is 3.90. The average molecular weight is 342 g/mol. The summed E-state index contributed by atoms with van der Waals surface area (Å²) in [6.07, 6.45) is 3.22. The molecule has 1 unspecified atom stereocenters. The third kappa shape index (κ3) is 4.18. The molecule has 2 nitrogen and oxygen atoms in total. The Morgan fingerprint density at radius 2 is 1.62 bits per heavy atom. The van der Waals surface area contributed by atoms with Crippen LogP contribution in [0.5, 0.6) is 0 Å². The molecule has 126 valence electrons. The van der Waals surface area contributed by atoms with Crippen molar-refractivity contribution in [1.29, 1.82) is 0 Å². The van der Waals surface area contributed by atoms with Crippen molar-refractivity contribution in [3.8, 4) is 11.1 Å². The lowest BCUT2D eigenvalue weighted by Gasteiger charge is -2.32. The molecular weight excluding hydrogens is 318 g/mol. The van der Waals surface area contributed by atoms with E-state index in [1.54, 1.807) is 6.92 Å². The number of halogens is 1. The van der Waals surface area contributed by atoms with Crippen LogP contribution in [0.1, 0.15) is 25.3 Å². The summed E-state index contributed by atoms with van der Waals surface area (Å²) in [5.74, 6) is 0.726. The van der Waals surface area contributed by atoms with Crippen LogP contribution in [-0.4, -0.2) is 29.3 Å². The van der Waals surface area contributed by atoms with Crippen molar-refractivity contribution in [2.45, 2.75) is 31.6 Å². The minimum atomic E-state index is -0.410. The number of hydrogen-bond donors (Lipinski definition) is 0. The zero-order valence-electron chi connectivity index (χ0n) is 14.1. The van der Waals surface area contributed by atoms with E-state index in [0.717, 1.165) is 32.4 Å². The number of carbonyl (C=O) groups is 1. The summed E-state index contributed by atoms with van der Waals surface area (Å²) in [5, 5.41) is -0.410. The highest BCUT2D eigenvalue weighted by Gasteiger charge is 2.25. The van der Waals surface area contributed by atoms with Crippen molar-refractivity contribution < 1.29 is 4.79 Å². The first-order valence-corrected chi connectivity index (χ1v) is 9.14. The summed E-state index contributed by atoms with van der Waals surface area (Å²) in [7, 11) is 0. The van der Waals surface area contributed by atoms with Gasteiger partial charge in [-0.2, -0.15) is 0 Å². The molecule has 0 N–H and O–H groups in total. The van der Waals surface area contributed by atoms with Gasteiger partial charge in [0.2, 0.25) is 5.91 Å². The Hall–Kier alpha value is -1.80. The molecule has 0 bridgehead atoms. The van der Waals surface area contributed by atoms with E-state index in [0.29, 0.717) is 5.92 Å². The average Bonchev–Trinajstić information content (AvgIpc) is 2.63. The van der Waals surface area contributed by atoms with Gasteiger partial charge in [0.1, 0.15) is 5.38 Å². The lowest BCUT2D eigenvalue weighted by atomic mass is 9.89. The topological polar surface area (TPSA) is 20.3 Å². The van der Waals surface area contributed by atoms with Gasteiger partial charge in [-0.1, -0.05) is 54.6 Å². The number of amides is 1. The molecule has 1 fully saturated rings. The summed E-state index contributed by atoms with van der Waals surface area (Å²) in [6.45, 7) is 3.43. The van der Waals surface area contributed by atoms with Crippen molar-refractivity contribution in [3.05, 3.63) is 60.2 Å². The fourth-order valence-corrected chi connectivity index (χ4v) is 3.54. The number of benzene rings is 2. The Balaban J connectivity index is 1.55. The predicted molar refractivity (Wildman–Crippen MR) is 100 cm³/mol. The number of carbonyl (C=O) groups excluding carboxylic acids is 1. The summed E-state index contributed by atoms with van der Waals surface area (Å²) >= 11 is 5.90. The normalized spacial score (nSPS) is 16.8. The standard InChI is InChI=1S/C21H24ClNO/c1-16(22)21(24)23-13-11-18(12-14-23)15-17-7-9-20(10-8-17)19-5-3-2-4-6-19/h2-10,16,18H,11-15H2,1H3. The zero-order valence-corrected chi connectivity index (χ0v) is 14.9. The fourth-order valence-electron chi connectivity index (χ4n) is 3.41. The van der Waals surface area contributed by atoms with Crippen molar-refractivity contribution in [3.63, 3.8) is 0 Å². The van der Waals surface area contributed by atoms with E-state index in [-0.39, 0.29) is 5.91 Å². The van der Waals surface area contributed by atoms with Crippen LogP contribution in [-0.2, 0) is 11.2 Å². The van der Waals surface area contributed by atoms with Crippen molar-refractivity contribution in [2.24, 2.45) is 5.92 Å². The summed E-state index contributed by atoms with van der Waals surface area (Å²) < 4.78 is 0. The van der Waals surface area contributed by atoms with Crippen LogP contribution in [0.4, 0.5) is 0 Å². The van der Waals surface area contributed by atoms with E-state index in [4.69, 9.17) is 11.6 Å². The molecule has 1 aliphatic heterocycles. The third-order valence-electron chi connectivity index (χ3n) is 4.85. The lowest BCUT2D eigenvalue weighted by molar-refractivity contribution is -0.131. The summed E-state index contributed by atoms with van der Waals surface area (Å²) in [6, 6.07) is 19.3. The lowest BCUT2D eigenvalue weighted by Crippen LogP contribution is -2.41.